The molecule has 4 rings (SSSR count). The molecule has 1 aliphatic rings. The topological polar surface area (TPSA) is 69.2 Å². The van der Waals surface area contributed by atoms with Crippen LogP contribution in [0.2, 0.25) is 0 Å². The molecular weight excluding hydrogens is 400 g/mol. The van der Waals surface area contributed by atoms with Crippen molar-refractivity contribution < 1.29 is 19.0 Å². The van der Waals surface area contributed by atoms with E-state index in [2.05, 4.69) is 10.3 Å². The highest BCUT2D eigenvalue weighted by atomic mass is 32.2. The maximum atomic E-state index is 12.5. The molecule has 0 radical (unpaired) electrons. The number of amides is 1. The van der Waals surface area contributed by atoms with E-state index >= 15 is 0 Å². The van der Waals surface area contributed by atoms with Crippen LogP contribution >= 0.6 is 11.8 Å². The second-order valence-corrected chi connectivity index (χ2v) is 7.47. The van der Waals surface area contributed by atoms with Crippen LogP contribution in [0.1, 0.15) is 5.56 Å². The Balaban J connectivity index is 1.67. The summed E-state index contributed by atoms with van der Waals surface area (Å²) < 4.78 is 16.1. The quantitative estimate of drug-likeness (QED) is 0.603. The molecule has 6 nitrogen and oxygen atoms in total. The van der Waals surface area contributed by atoms with E-state index in [-0.39, 0.29) is 5.91 Å². The van der Waals surface area contributed by atoms with Gasteiger partial charge in [-0.25, -0.2) is 4.99 Å². The van der Waals surface area contributed by atoms with E-state index < -0.39 is 0 Å². The number of hydrogen-bond acceptors (Lipinski definition) is 6. The van der Waals surface area contributed by atoms with Gasteiger partial charge in [0.2, 0.25) is 5.75 Å². The Hall–Kier alpha value is -3.45. The fourth-order valence-corrected chi connectivity index (χ4v) is 4.07. The van der Waals surface area contributed by atoms with E-state index in [9.17, 15) is 4.79 Å². The lowest BCUT2D eigenvalue weighted by Crippen LogP contribution is -2.19. The average molecular weight is 420 g/mol. The van der Waals surface area contributed by atoms with Gasteiger partial charge in [-0.2, -0.15) is 0 Å². The Bertz CT molecular complexity index is 1160. The second-order valence-electron chi connectivity index (χ2n) is 6.44. The molecule has 0 saturated carbocycles. The van der Waals surface area contributed by atoms with E-state index in [1.807, 2.05) is 42.5 Å². The van der Waals surface area contributed by atoms with Gasteiger partial charge in [0.05, 0.1) is 31.9 Å². The van der Waals surface area contributed by atoms with Crippen LogP contribution in [0.3, 0.4) is 0 Å². The van der Waals surface area contributed by atoms with Crippen molar-refractivity contribution in [3.8, 4) is 17.2 Å². The molecule has 152 valence electrons. The summed E-state index contributed by atoms with van der Waals surface area (Å²) in [6, 6.07) is 17.5. The molecule has 1 saturated heterocycles. The minimum Gasteiger partial charge on any atom is -0.493 e. The number of amidine groups is 1. The molecule has 1 N–H and O–H groups in total. The van der Waals surface area contributed by atoms with Crippen molar-refractivity contribution in [2.75, 3.05) is 21.3 Å². The van der Waals surface area contributed by atoms with Crippen LogP contribution in [-0.4, -0.2) is 32.4 Å². The van der Waals surface area contributed by atoms with Gasteiger partial charge < -0.3 is 19.5 Å². The molecule has 1 amide bonds. The summed E-state index contributed by atoms with van der Waals surface area (Å²) in [5, 5.41) is 5.50. The molecule has 30 heavy (non-hydrogen) atoms. The molecule has 0 atom stereocenters. The molecule has 0 unspecified atom stereocenters. The number of ether oxygens (including phenoxy) is 3. The maximum Gasteiger partial charge on any atom is 0.264 e. The molecule has 0 bridgehead atoms. The van der Waals surface area contributed by atoms with Crippen LogP contribution in [0.25, 0.3) is 16.8 Å². The molecule has 0 aromatic heterocycles. The number of aliphatic imine (C=N–C) groups is 1. The predicted octanol–water partition coefficient (Wildman–Crippen LogP) is 4.76. The molecule has 1 heterocycles. The van der Waals surface area contributed by atoms with Gasteiger partial charge in [-0.3, -0.25) is 4.79 Å². The summed E-state index contributed by atoms with van der Waals surface area (Å²) in [4.78, 5) is 17.7. The van der Waals surface area contributed by atoms with Gasteiger partial charge in [-0.15, -0.1) is 0 Å². The third-order valence-corrected chi connectivity index (χ3v) is 5.53. The zero-order valence-corrected chi connectivity index (χ0v) is 17.6. The van der Waals surface area contributed by atoms with Crippen molar-refractivity contribution in [3.63, 3.8) is 0 Å². The summed E-state index contributed by atoms with van der Waals surface area (Å²) in [6.45, 7) is 0. The Kier molecular flexibility index (Phi) is 5.63. The number of thioether (sulfide) groups is 1. The van der Waals surface area contributed by atoms with Gasteiger partial charge in [0.1, 0.15) is 0 Å². The normalized spacial score (nSPS) is 16.2. The first-order valence-electron chi connectivity index (χ1n) is 9.20. The number of carbonyl (C=O) groups excluding carboxylic acids is 1. The first-order valence-corrected chi connectivity index (χ1v) is 10.0. The van der Waals surface area contributed by atoms with E-state index in [4.69, 9.17) is 14.2 Å². The number of hydrogen-bond donors (Lipinski definition) is 1. The Morgan fingerprint density at radius 3 is 2.33 bits per heavy atom. The lowest BCUT2D eigenvalue weighted by molar-refractivity contribution is -0.115. The fraction of sp³-hybridized carbons (Fsp3) is 0.130. The van der Waals surface area contributed by atoms with Crippen LogP contribution in [0.4, 0.5) is 5.69 Å². The summed E-state index contributed by atoms with van der Waals surface area (Å²) in [5.74, 6) is 1.35. The van der Waals surface area contributed by atoms with Gasteiger partial charge in [0.15, 0.2) is 16.7 Å². The lowest BCUT2D eigenvalue weighted by atomic mass is 10.1. The molecule has 0 spiro atoms. The Morgan fingerprint density at radius 2 is 1.63 bits per heavy atom. The van der Waals surface area contributed by atoms with Crippen LogP contribution in [0.15, 0.2) is 64.5 Å². The van der Waals surface area contributed by atoms with Crippen molar-refractivity contribution in [1.29, 1.82) is 0 Å². The maximum absolute atomic E-state index is 12.5. The van der Waals surface area contributed by atoms with Crippen LogP contribution in [0.5, 0.6) is 17.2 Å². The first-order chi connectivity index (χ1) is 14.6. The molecular formula is C23H20N2O4S. The lowest BCUT2D eigenvalue weighted by Gasteiger charge is -2.12. The van der Waals surface area contributed by atoms with Crippen LogP contribution in [0, 0.1) is 0 Å². The van der Waals surface area contributed by atoms with E-state index in [1.165, 1.54) is 11.8 Å². The van der Waals surface area contributed by atoms with Crippen molar-refractivity contribution in [1.82, 2.24) is 5.32 Å². The van der Waals surface area contributed by atoms with Gasteiger partial charge in [-0.05, 0) is 47.0 Å². The number of methoxy groups -OCH3 is 3. The van der Waals surface area contributed by atoms with Crippen molar-refractivity contribution in [3.05, 3.63) is 65.1 Å². The van der Waals surface area contributed by atoms with Crippen molar-refractivity contribution >= 4 is 45.4 Å². The molecule has 7 heteroatoms. The van der Waals surface area contributed by atoms with Crippen molar-refractivity contribution in [2.24, 2.45) is 4.99 Å². The highest BCUT2D eigenvalue weighted by Gasteiger charge is 2.24. The number of rotatable bonds is 5. The SMILES string of the molecule is COc1cc(/C=C2\SC(=Nc3cccc4ccccc34)NC2=O)cc(OC)c1OC. The molecule has 0 aliphatic carbocycles. The van der Waals surface area contributed by atoms with Gasteiger partial charge in [0, 0.05) is 5.39 Å². The van der Waals surface area contributed by atoms with Crippen LogP contribution in [-0.2, 0) is 4.79 Å². The molecule has 1 aliphatic heterocycles. The summed E-state index contributed by atoms with van der Waals surface area (Å²) >= 11 is 1.29. The zero-order chi connectivity index (χ0) is 21.1. The number of nitrogens with zero attached hydrogens (tertiary/aromatic N) is 1. The summed E-state index contributed by atoms with van der Waals surface area (Å²) in [5.41, 5.74) is 1.57. The molecule has 1 fully saturated rings. The Morgan fingerprint density at radius 1 is 0.933 bits per heavy atom. The van der Waals surface area contributed by atoms with Gasteiger partial charge in [0.25, 0.3) is 5.91 Å². The zero-order valence-electron chi connectivity index (χ0n) is 16.8. The second kappa shape index (κ2) is 8.51. The summed E-state index contributed by atoms with van der Waals surface area (Å²) in [7, 11) is 4.66. The smallest absolute Gasteiger partial charge is 0.264 e. The monoisotopic (exact) mass is 420 g/mol. The largest absolute Gasteiger partial charge is 0.493 e. The minimum absolute atomic E-state index is 0.201. The molecule has 3 aromatic carbocycles. The number of carbonyl (C=O) groups is 1. The third kappa shape index (κ3) is 3.84. The molecule has 3 aromatic rings. The predicted molar refractivity (Wildman–Crippen MR) is 121 cm³/mol. The number of nitrogens with one attached hydrogen (secondary N) is 1. The fourth-order valence-electron chi connectivity index (χ4n) is 3.23. The number of fused-ring (bicyclic) bond motifs is 1. The highest BCUT2D eigenvalue weighted by molar-refractivity contribution is 8.18. The van der Waals surface area contributed by atoms with E-state index in [0.29, 0.717) is 27.3 Å². The minimum atomic E-state index is -0.201. The van der Waals surface area contributed by atoms with E-state index in [1.54, 1.807) is 39.5 Å². The standard InChI is InChI=1S/C23H20N2O4S/c1-27-18-11-14(12-19(28-2)21(18)29-3)13-20-22(26)25-23(30-20)24-17-10-6-8-15-7-4-5-9-16(15)17/h4-13H,1-3H3,(H,24,25,26)/b20-13-. The highest BCUT2D eigenvalue weighted by Crippen LogP contribution is 2.39. The first kappa shape index (κ1) is 19.8. The van der Waals surface area contributed by atoms with Gasteiger partial charge >= 0.3 is 0 Å². The average Bonchev–Trinajstić information content (AvgIpc) is 3.11. The van der Waals surface area contributed by atoms with E-state index in [0.717, 1.165) is 22.0 Å². The number of benzene rings is 3. The van der Waals surface area contributed by atoms with Gasteiger partial charge in [-0.1, -0.05) is 36.4 Å². The Labute approximate surface area is 178 Å². The van der Waals surface area contributed by atoms with Crippen LogP contribution < -0.4 is 19.5 Å². The van der Waals surface area contributed by atoms with Crippen molar-refractivity contribution in [2.45, 2.75) is 0 Å². The third-order valence-electron chi connectivity index (χ3n) is 4.62. The summed E-state index contributed by atoms with van der Waals surface area (Å²) in [6.07, 6.45) is 1.77.